The van der Waals surface area contributed by atoms with E-state index in [0.29, 0.717) is 5.92 Å². The number of carboxylic acid groups (broad SMARTS) is 2. The highest BCUT2D eigenvalue weighted by atomic mass is 19.2. The molecule has 1 atom stereocenters. The molecule has 0 bridgehead atoms. The molecule has 3 rings (SSSR count). The molecule has 0 aromatic heterocycles. The summed E-state index contributed by atoms with van der Waals surface area (Å²) >= 11 is 0. The fourth-order valence-electron chi connectivity index (χ4n) is 3.29. The molecule has 0 saturated carbocycles. The zero-order valence-electron chi connectivity index (χ0n) is 15.4. The molecule has 29 heavy (non-hydrogen) atoms. The first kappa shape index (κ1) is 24.1. The molecule has 0 radical (unpaired) electrons. The van der Waals surface area contributed by atoms with E-state index in [0.717, 1.165) is 37.1 Å². The first-order valence-corrected chi connectivity index (χ1v) is 8.67. The number of rotatable bonds is 3. The molecule has 2 aromatic rings. The summed E-state index contributed by atoms with van der Waals surface area (Å²) in [7, 11) is 0. The van der Waals surface area contributed by atoms with Crippen molar-refractivity contribution in [3.8, 4) is 0 Å². The highest BCUT2D eigenvalue weighted by Gasteiger charge is 2.27. The number of carboxylic acids is 2. The van der Waals surface area contributed by atoms with Gasteiger partial charge in [-0.25, -0.2) is 22.8 Å². The Labute approximate surface area is 165 Å². The van der Waals surface area contributed by atoms with Crippen molar-refractivity contribution >= 4 is 11.9 Å². The molecule has 2 aromatic carbocycles. The van der Waals surface area contributed by atoms with E-state index in [1.807, 2.05) is 0 Å². The van der Waals surface area contributed by atoms with E-state index >= 15 is 0 Å². The largest absolute Gasteiger partial charge is 0.473 e. The summed E-state index contributed by atoms with van der Waals surface area (Å²) < 4.78 is 40.1. The van der Waals surface area contributed by atoms with Crippen LogP contribution >= 0.6 is 0 Å². The summed E-state index contributed by atoms with van der Waals surface area (Å²) in [6.45, 7) is 1.82. The van der Waals surface area contributed by atoms with Gasteiger partial charge in [-0.2, -0.15) is 0 Å². The van der Waals surface area contributed by atoms with Crippen molar-refractivity contribution in [3.05, 3.63) is 71.0 Å². The minimum Gasteiger partial charge on any atom is -0.473 e. The summed E-state index contributed by atoms with van der Waals surface area (Å²) in [6, 6.07) is 10.4. The quantitative estimate of drug-likeness (QED) is 0.669. The standard InChI is InChI=1S/C18H18F3N.C2H2O4.H2O/c19-15-4-1-12(2-5-15)18(13-7-9-22-10-8-13)14-3-6-16(20)17(21)11-14;3-1(4)2(5)6;/h1-6,11,13,18,22H,7-10H2;(H,3,4)(H,5,6);1H2. The van der Waals surface area contributed by atoms with E-state index in [9.17, 15) is 13.2 Å². The van der Waals surface area contributed by atoms with Crippen molar-refractivity contribution in [2.24, 2.45) is 5.92 Å². The van der Waals surface area contributed by atoms with Gasteiger partial charge < -0.3 is 21.0 Å². The number of hydrogen-bond donors (Lipinski definition) is 3. The van der Waals surface area contributed by atoms with Crippen molar-refractivity contribution in [2.75, 3.05) is 13.1 Å². The van der Waals surface area contributed by atoms with Crippen LogP contribution in [0.2, 0.25) is 0 Å². The van der Waals surface area contributed by atoms with Gasteiger partial charge in [0.1, 0.15) is 5.82 Å². The SMILES string of the molecule is Fc1ccc(C(c2ccc(F)c(F)c2)C2CCNCC2)cc1.O.O=C(O)C(=O)O. The maximum absolute atomic E-state index is 13.6. The zero-order valence-corrected chi connectivity index (χ0v) is 15.4. The van der Waals surface area contributed by atoms with Gasteiger partial charge >= 0.3 is 11.9 Å². The van der Waals surface area contributed by atoms with Crippen LogP contribution in [-0.2, 0) is 9.59 Å². The topological polar surface area (TPSA) is 118 Å². The third kappa shape index (κ3) is 6.88. The third-order valence-electron chi connectivity index (χ3n) is 4.57. The summed E-state index contributed by atoms with van der Waals surface area (Å²) in [6.07, 6.45) is 1.92. The smallest absolute Gasteiger partial charge is 0.414 e. The maximum atomic E-state index is 13.6. The molecule has 1 fully saturated rings. The summed E-state index contributed by atoms with van der Waals surface area (Å²) in [4.78, 5) is 18.2. The predicted molar refractivity (Wildman–Crippen MR) is 99.1 cm³/mol. The second-order valence-corrected chi connectivity index (χ2v) is 6.40. The minimum atomic E-state index is -1.82. The molecule has 6 nitrogen and oxygen atoms in total. The number of aliphatic carboxylic acids is 2. The number of carbonyl (C=O) groups is 2. The third-order valence-corrected chi connectivity index (χ3v) is 4.57. The first-order valence-electron chi connectivity index (χ1n) is 8.67. The molecule has 1 aliphatic rings. The molecular formula is C20H22F3NO5. The molecule has 1 aliphatic heterocycles. The molecule has 0 spiro atoms. The van der Waals surface area contributed by atoms with Crippen LogP contribution in [0.1, 0.15) is 29.9 Å². The molecule has 0 aliphatic carbocycles. The molecule has 158 valence electrons. The second kappa shape index (κ2) is 11.2. The average molecular weight is 413 g/mol. The lowest BCUT2D eigenvalue weighted by atomic mass is 9.76. The second-order valence-electron chi connectivity index (χ2n) is 6.40. The van der Waals surface area contributed by atoms with Gasteiger partial charge in [0.15, 0.2) is 11.6 Å². The first-order chi connectivity index (χ1) is 13.3. The Kier molecular flexibility index (Phi) is 9.30. The fraction of sp³-hybridized carbons (Fsp3) is 0.300. The Bertz CT molecular complexity index is 811. The van der Waals surface area contributed by atoms with Crippen LogP contribution in [0.15, 0.2) is 42.5 Å². The van der Waals surface area contributed by atoms with Crippen molar-refractivity contribution in [2.45, 2.75) is 18.8 Å². The maximum Gasteiger partial charge on any atom is 0.414 e. The monoisotopic (exact) mass is 413 g/mol. The van der Waals surface area contributed by atoms with E-state index < -0.39 is 23.6 Å². The van der Waals surface area contributed by atoms with Crippen LogP contribution in [0, 0.1) is 23.4 Å². The molecule has 5 N–H and O–H groups in total. The van der Waals surface area contributed by atoms with Gasteiger partial charge in [-0.15, -0.1) is 0 Å². The van der Waals surface area contributed by atoms with E-state index in [4.69, 9.17) is 19.8 Å². The van der Waals surface area contributed by atoms with Crippen LogP contribution in [0.5, 0.6) is 0 Å². The minimum absolute atomic E-state index is 0. The van der Waals surface area contributed by atoms with Crippen LogP contribution in [0.25, 0.3) is 0 Å². The van der Waals surface area contributed by atoms with Crippen molar-refractivity contribution in [1.29, 1.82) is 0 Å². The molecular weight excluding hydrogens is 391 g/mol. The summed E-state index contributed by atoms with van der Waals surface area (Å²) in [5, 5.41) is 18.1. The number of halogens is 3. The Morgan fingerprint density at radius 2 is 1.38 bits per heavy atom. The zero-order chi connectivity index (χ0) is 20.7. The number of nitrogens with one attached hydrogen (secondary N) is 1. The van der Waals surface area contributed by atoms with Crippen molar-refractivity contribution in [1.82, 2.24) is 5.32 Å². The lowest BCUT2D eigenvalue weighted by Crippen LogP contribution is -2.31. The summed E-state index contributed by atoms with van der Waals surface area (Å²) in [5.74, 6) is -5.33. The van der Waals surface area contributed by atoms with Crippen LogP contribution < -0.4 is 5.32 Å². The van der Waals surface area contributed by atoms with Gasteiger partial charge in [-0.1, -0.05) is 18.2 Å². The van der Waals surface area contributed by atoms with E-state index in [1.54, 1.807) is 18.2 Å². The summed E-state index contributed by atoms with van der Waals surface area (Å²) in [5.41, 5.74) is 1.69. The van der Waals surface area contributed by atoms with E-state index in [2.05, 4.69) is 5.32 Å². The van der Waals surface area contributed by atoms with Gasteiger partial charge in [-0.3, -0.25) is 0 Å². The molecule has 0 amide bonds. The van der Waals surface area contributed by atoms with Gasteiger partial charge in [0.05, 0.1) is 0 Å². The number of benzene rings is 2. The number of piperidine rings is 1. The predicted octanol–water partition coefficient (Wildman–Crippen LogP) is 2.57. The van der Waals surface area contributed by atoms with E-state index in [1.165, 1.54) is 24.3 Å². The molecule has 1 unspecified atom stereocenters. The van der Waals surface area contributed by atoms with Crippen LogP contribution in [0.4, 0.5) is 13.2 Å². The lowest BCUT2D eigenvalue weighted by Gasteiger charge is -2.31. The van der Waals surface area contributed by atoms with E-state index in [-0.39, 0.29) is 17.2 Å². The average Bonchev–Trinajstić information content (AvgIpc) is 2.67. The molecule has 1 saturated heterocycles. The Balaban J connectivity index is 0.000000529. The lowest BCUT2D eigenvalue weighted by molar-refractivity contribution is -0.159. The van der Waals surface area contributed by atoms with Crippen molar-refractivity contribution in [3.63, 3.8) is 0 Å². The Morgan fingerprint density at radius 3 is 1.86 bits per heavy atom. The van der Waals surface area contributed by atoms with Crippen molar-refractivity contribution < 1.29 is 38.4 Å². The van der Waals surface area contributed by atoms with Crippen LogP contribution in [-0.4, -0.2) is 40.7 Å². The number of hydrogen-bond acceptors (Lipinski definition) is 3. The Morgan fingerprint density at radius 1 is 0.862 bits per heavy atom. The molecule has 1 heterocycles. The fourth-order valence-corrected chi connectivity index (χ4v) is 3.29. The Hall–Kier alpha value is -2.91. The van der Waals surface area contributed by atoms with Gasteiger partial charge in [-0.05, 0) is 67.2 Å². The van der Waals surface area contributed by atoms with Gasteiger partial charge in [0.2, 0.25) is 0 Å². The normalized spacial score (nSPS) is 14.7. The van der Waals surface area contributed by atoms with Crippen LogP contribution in [0.3, 0.4) is 0 Å². The van der Waals surface area contributed by atoms with Gasteiger partial charge in [0, 0.05) is 5.92 Å². The van der Waals surface area contributed by atoms with Gasteiger partial charge in [0.25, 0.3) is 0 Å². The molecule has 9 heteroatoms. The highest BCUT2D eigenvalue weighted by Crippen LogP contribution is 2.37. The highest BCUT2D eigenvalue weighted by molar-refractivity contribution is 6.27.